The van der Waals surface area contributed by atoms with Gasteiger partial charge >= 0.3 is 0 Å². The summed E-state index contributed by atoms with van der Waals surface area (Å²) in [5, 5.41) is 5.34. The van der Waals surface area contributed by atoms with Gasteiger partial charge in [-0.3, -0.25) is 0 Å². The summed E-state index contributed by atoms with van der Waals surface area (Å²) in [5.74, 6) is 0. The van der Waals surface area contributed by atoms with E-state index in [4.69, 9.17) is 0 Å². The first-order valence-electron chi connectivity index (χ1n) is 8.72. The first-order chi connectivity index (χ1) is 12.2. The lowest BCUT2D eigenvalue weighted by atomic mass is 10.00. The van der Waals surface area contributed by atoms with Crippen LogP contribution in [0.5, 0.6) is 0 Å². The van der Waals surface area contributed by atoms with Gasteiger partial charge in [0.05, 0.1) is 11.0 Å². The molecule has 1 nitrogen and oxygen atoms in total. The lowest BCUT2D eigenvalue weighted by Crippen LogP contribution is -1.94. The molecule has 1 heterocycles. The monoisotopic (exact) mass is 321 g/mol. The van der Waals surface area contributed by atoms with Crippen molar-refractivity contribution in [3.8, 4) is 5.69 Å². The van der Waals surface area contributed by atoms with Crippen LogP contribution >= 0.6 is 0 Å². The zero-order chi connectivity index (χ0) is 17.0. The van der Waals surface area contributed by atoms with E-state index >= 15 is 0 Å². The van der Waals surface area contributed by atoms with Crippen LogP contribution in [-0.2, 0) is 0 Å². The second-order valence-corrected chi connectivity index (χ2v) is 6.82. The number of nitrogens with zero attached hydrogens (tertiary/aromatic N) is 1. The number of aryl methyl sites for hydroxylation is 2. The highest BCUT2D eigenvalue weighted by molar-refractivity contribution is 6.22. The van der Waals surface area contributed by atoms with Gasteiger partial charge in [-0.25, -0.2) is 0 Å². The molecule has 0 radical (unpaired) electrons. The number of hydrogen-bond donors (Lipinski definition) is 0. The van der Waals surface area contributed by atoms with E-state index in [-0.39, 0.29) is 0 Å². The molecule has 0 unspecified atom stereocenters. The highest BCUT2D eigenvalue weighted by Crippen LogP contribution is 2.38. The van der Waals surface area contributed by atoms with Gasteiger partial charge in [0.25, 0.3) is 0 Å². The van der Waals surface area contributed by atoms with Gasteiger partial charge < -0.3 is 4.57 Å². The van der Waals surface area contributed by atoms with E-state index in [0.29, 0.717) is 0 Å². The van der Waals surface area contributed by atoms with Crippen molar-refractivity contribution in [2.75, 3.05) is 0 Å². The Kier molecular flexibility index (Phi) is 2.98. The molecular formula is C24H19N. The quantitative estimate of drug-likeness (QED) is 0.330. The van der Waals surface area contributed by atoms with Gasteiger partial charge in [-0.2, -0.15) is 0 Å². The Morgan fingerprint density at radius 2 is 1.32 bits per heavy atom. The van der Waals surface area contributed by atoms with Crippen LogP contribution in [0, 0.1) is 13.8 Å². The zero-order valence-electron chi connectivity index (χ0n) is 14.5. The Labute approximate surface area is 147 Å². The molecule has 5 aromatic rings. The normalized spacial score (nSPS) is 11.6. The maximum Gasteiger partial charge on any atom is 0.0550 e. The summed E-state index contributed by atoms with van der Waals surface area (Å²) in [6, 6.07) is 28.5. The van der Waals surface area contributed by atoms with Gasteiger partial charge in [-0.05, 0) is 60.0 Å². The summed E-state index contributed by atoms with van der Waals surface area (Å²) in [6.45, 7) is 4.37. The summed E-state index contributed by atoms with van der Waals surface area (Å²) in [4.78, 5) is 0. The smallest absolute Gasteiger partial charge is 0.0550 e. The Morgan fingerprint density at radius 1 is 0.600 bits per heavy atom. The molecule has 0 saturated carbocycles. The maximum atomic E-state index is 2.40. The Bertz CT molecular complexity index is 1240. The van der Waals surface area contributed by atoms with E-state index in [9.17, 15) is 0 Å². The van der Waals surface area contributed by atoms with Crippen LogP contribution < -0.4 is 0 Å². The SMILES string of the molecule is Cc1ccc2c3c4ccccc4c(C)cc3n(-c3ccccc3)c2c1. The van der Waals surface area contributed by atoms with E-state index in [2.05, 4.69) is 97.3 Å². The molecule has 0 aliphatic carbocycles. The van der Waals surface area contributed by atoms with Gasteiger partial charge in [0.2, 0.25) is 0 Å². The molecule has 0 spiro atoms. The molecule has 0 aliphatic rings. The topological polar surface area (TPSA) is 4.93 Å². The lowest BCUT2D eigenvalue weighted by molar-refractivity contribution is 1.18. The largest absolute Gasteiger partial charge is 0.309 e. The maximum absolute atomic E-state index is 2.40. The fraction of sp³-hybridized carbons (Fsp3) is 0.0833. The van der Waals surface area contributed by atoms with Crippen molar-refractivity contribution >= 4 is 32.6 Å². The molecule has 25 heavy (non-hydrogen) atoms. The van der Waals surface area contributed by atoms with Crippen LogP contribution in [0.15, 0.2) is 78.9 Å². The van der Waals surface area contributed by atoms with Crippen molar-refractivity contribution in [1.82, 2.24) is 4.57 Å². The zero-order valence-corrected chi connectivity index (χ0v) is 14.5. The van der Waals surface area contributed by atoms with Crippen molar-refractivity contribution in [2.45, 2.75) is 13.8 Å². The Balaban J connectivity index is 2.10. The highest BCUT2D eigenvalue weighted by Gasteiger charge is 2.15. The van der Waals surface area contributed by atoms with E-state index in [0.717, 1.165) is 0 Å². The molecule has 0 bridgehead atoms. The number of benzene rings is 4. The second-order valence-electron chi connectivity index (χ2n) is 6.82. The van der Waals surface area contributed by atoms with Crippen molar-refractivity contribution < 1.29 is 0 Å². The number of fused-ring (bicyclic) bond motifs is 5. The van der Waals surface area contributed by atoms with Crippen molar-refractivity contribution in [1.29, 1.82) is 0 Å². The molecule has 0 N–H and O–H groups in total. The van der Waals surface area contributed by atoms with Crippen LogP contribution in [0.4, 0.5) is 0 Å². The molecule has 0 aliphatic heterocycles. The van der Waals surface area contributed by atoms with E-state index in [1.807, 2.05) is 0 Å². The van der Waals surface area contributed by atoms with Crippen LogP contribution in [-0.4, -0.2) is 4.57 Å². The minimum atomic E-state index is 1.21. The number of hydrogen-bond acceptors (Lipinski definition) is 0. The average molecular weight is 321 g/mol. The van der Waals surface area contributed by atoms with Gasteiger partial charge in [0.1, 0.15) is 0 Å². The third-order valence-corrected chi connectivity index (χ3v) is 5.15. The minimum Gasteiger partial charge on any atom is -0.309 e. The predicted octanol–water partition coefficient (Wildman–Crippen LogP) is 6.55. The molecule has 4 aromatic carbocycles. The number of para-hydroxylation sites is 1. The fourth-order valence-corrected chi connectivity index (χ4v) is 4.02. The van der Waals surface area contributed by atoms with Gasteiger partial charge in [-0.15, -0.1) is 0 Å². The van der Waals surface area contributed by atoms with Crippen molar-refractivity contribution in [3.05, 3.63) is 90.0 Å². The van der Waals surface area contributed by atoms with Crippen LogP contribution in [0.2, 0.25) is 0 Å². The van der Waals surface area contributed by atoms with Crippen molar-refractivity contribution in [3.63, 3.8) is 0 Å². The van der Waals surface area contributed by atoms with E-state index < -0.39 is 0 Å². The van der Waals surface area contributed by atoms with Gasteiger partial charge in [0, 0.05) is 16.5 Å². The summed E-state index contributed by atoms with van der Waals surface area (Å²) >= 11 is 0. The summed E-state index contributed by atoms with van der Waals surface area (Å²) in [6.07, 6.45) is 0. The van der Waals surface area contributed by atoms with E-state index in [1.165, 1.54) is 49.4 Å². The number of aromatic nitrogens is 1. The fourth-order valence-electron chi connectivity index (χ4n) is 4.02. The molecule has 0 fully saturated rings. The third kappa shape index (κ3) is 2.02. The minimum absolute atomic E-state index is 1.21. The highest BCUT2D eigenvalue weighted by atomic mass is 15.0. The van der Waals surface area contributed by atoms with Crippen LogP contribution in [0.25, 0.3) is 38.3 Å². The summed E-state index contributed by atoms with van der Waals surface area (Å²) in [7, 11) is 0. The van der Waals surface area contributed by atoms with Crippen LogP contribution in [0.1, 0.15) is 11.1 Å². The van der Waals surface area contributed by atoms with Crippen LogP contribution in [0.3, 0.4) is 0 Å². The molecule has 120 valence electrons. The lowest BCUT2D eigenvalue weighted by Gasteiger charge is -2.09. The molecule has 5 rings (SSSR count). The standard InChI is InChI=1S/C24H19N/c1-16-12-13-21-22(14-16)25(18-8-4-3-5-9-18)23-15-17(2)19-10-6-7-11-20(19)24(21)23/h3-15H,1-2H3. The first-order valence-corrected chi connectivity index (χ1v) is 8.72. The second kappa shape index (κ2) is 5.22. The Morgan fingerprint density at radius 3 is 2.12 bits per heavy atom. The summed E-state index contributed by atoms with van der Waals surface area (Å²) < 4.78 is 2.40. The van der Waals surface area contributed by atoms with Crippen molar-refractivity contribution in [2.24, 2.45) is 0 Å². The summed E-state index contributed by atoms with van der Waals surface area (Å²) in [5.41, 5.74) is 6.37. The third-order valence-electron chi connectivity index (χ3n) is 5.15. The molecule has 0 amide bonds. The van der Waals surface area contributed by atoms with Gasteiger partial charge in [0.15, 0.2) is 0 Å². The molecule has 0 atom stereocenters. The first kappa shape index (κ1) is 14.3. The molecular weight excluding hydrogens is 302 g/mol. The molecule has 0 saturated heterocycles. The average Bonchev–Trinajstić information content (AvgIpc) is 2.96. The van der Waals surface area contributed by atoms with Gasteiger partial charge in [-0.1, -0.05) is 54.6 Å². The Hall–Kier alpha value is -3.06. The van der Waals surface area contributed by atoms with E-state index in [1.54, 1.807) is 0 Å². The molecule has 1 heteroatoms. The number of rotatable bonds is 1. The predicted molar refractivity (Wildman–Crippen MR) is 108 cm³/mol. The molecule has 1 aromatic heterocycles.